The van der Waals surface area contributed by atoms with E-state index in [0.29, 0.717) is 12.4 Å². The molecule has 2 aliphatic heterocycles. The number of hydrogen-bond donors (Lipinski definition) is 2. The first-order chi connectivity index (χ1) is 13.2. The highest BCUT2D eigenvalue weighted by molar-refractivity contribution is 6.04. The molecule has 5 rings (SSSR count). The molecule has 3 aromatic rings. The van der Waals surface area contributed by atoms with Crippen molar-refractivity contribution in [2.24, 2.45) is 0 Å². The van der Waals surface area contributed by atoms with Crippen molar-refractivity contribution in [1.29, 1.82) is 0 Å². The van der Waals surface area contributed by atoms with Gasteiger partial charge in [0.1, 0.15) is 24.5 Å². The summed E-state index contributed by atoms with van der Waals surface area (Å²) in [6.07, 6.45) is 1.54. The number of nitrogens with one attached hydrogen (secondary N) is 1. The number of aromatic hydroxyl groups is 1. The van der Waals surface area contributed by atoms with E-state index in [-0.39, 0.29) is 11.8 Å². The Kier molecular flexibility index (Phi) is 3.79. The SMILES string of the molecule is [B]N1CCN2c3ccc4ncnc(Nc5ccc(O)cc5)c4c3OCC2C1. The smallest absolute Gasteiger partial charge is 0.182 e. The van der Waals surface area contributed by atoms with Crippen LogP contribution < -0.4 is 15.0 Å². The van der Waals surface area contributed by atoms with Crippen molar-refractivity contribution in [3.63, 3.8) is 0 Å². The van der Waals surface area contributed by atoms with Gasteiger partial charge in [-0.15, -0.1) is 0 Å². The van der Waals surface area contributed by atoms with Crippen LogP contribution in [0.3, 0.4) is 0 Å². The lowest BCUT2D eigenvalue weighted by molar-refractivity contribution is 0.220. The molecular weight excluding hydrogens is 341 g/mol. The molecule has 2 radical (unpaired) electrons. The molecule has 7 nitrogen and oxygen atoms in total. The molecule has 2 aliphatic rings. The van der Waals surface area contributed by atoms with Crippen LogP contribution in [-0.2, 0) is 0 Å². The lowest BCUT2D eigenvalue weighted by Gasteiger charge is -2.45. The Bertz CT molecular complexity index is 997. The van der Waals surface area contributed by atoms with Gasteiger partial charge in [0.2, 0.25) is 0 Å². The number of anilines is 3. The normalized spacial score (nSPS) is 19.3. The summed E-state index contributed by atoms with van der Waals surface area (Å²) < 4.78 is 6.17. The number of aromatic nitrogens is 2. The number of phenols is 1. The second-order valence-electron chi connectivity index (χ2n) is 6.86. The number of ether oxygens (including phenoxy) is 1. The zero-order valence-corrected chi connectivity index (χ0v) is 14.7. The van der Waals surface area contributed by atoms with Crippen molar-refractivity contribution in [3.8, 4) is 11.5 Å². The van der Waals surface area contributed by atoms with Gasteiger partial charge < -0.3 is 24.9 Å². The van der Waals surface area contributed by atoms with E-state index in [1.165, 1.54) is 6.33 Å². The molecule has 134 valence electrons. The largest absolute Gasteiger partial charge is 0.508 e. The van der Waals surface area contributed by atoms with Gasteiger partial charge >= 0.3 is 0 Å². The minimum atomic E-state index is 0.221. The summed E-state index contributed by atoms with van der Waals surface area (Å²) in [5.74, 6) is 1.70. The molecule has 1 atom stereocenters. The van der Waals surface area contributed by atoms with Crippen molar-refractivity contribution in [1.82, 2.24) is 14.8 Å². The molecule has 0 saturated carbocycles. The van der Waals surface area contributed by atoms with E-state index < -0.39 is 0 Å². The summed E-state index contributed by atoms with van der Waals surface area (Å²) in [6.45, 7) is 3.03. The summed E-state index contributed by atoms with van der Waals surface area (Å²) in [6, 6.07) is 11.2. The maximum Gasteiger partial charge on any atom is 0.182 e. The summed E-state index contributed by atoms with van der Waals surface area (Å²) in [5, 5.41) is 13.7. The van der Waals surface area contributed by atoms with Gasteiger partial charge in [0.25, 0.3) is 0 Å². The second-order valence-corrected chi connectivity index (χ2v) is 6.86. The molecule has 8 heteroatoms. The Balaban J connectivity index is 1.59. The molecule has 0 bridgehead atoms. The van der Waals surface area contributed by atoms with Gasteiger partial charge in [0.15, 0.2) is 13.7 Å². The highest BCUT2D eigenvalue weighted by atomic mass is 16.5. The highest BCUT2D eigenvalue weighted by Crippen LogP contribution is 2.43. The fourth-order valence-corrected chi connectivity index (χ4v) is 3.78. The number of fused-ring (bicyclic) bond motifs is 5. The number of benzene rings is 2. The van der Waals surface area contributed by atoms with Gasteiger partial charge in [-0.3, -0.25) is 0 Å². The van der Waals surface area contributed by atoms with Crippen LogP contribution in [0, 0.1) is 0 Å². The topological polar surface area (TPSA) is 73.8 Å². The average Bonchev–Trinajstić information content (AvgIpc) is 2.69. The number of phenolic OH excluding ortho intramolecular Hbond substituents is 1. The fraction of sp³-hybridized carbons (Fsp3) is 0.263. The lowest BCUT2D eigenvalue weighted by atomic mass is 10.0. The van der Waals surface area contributed by atoms with Crippen LogP contribution >= 0.6 is 0 Å². The third kappa shape index (κ3) is 2.82. The average molecular weight is 359 g/mol. The number of rotatable bonds is 2. The van der Waals surface area contributed by atoms with Gasteiger partial charge in [-0.1, -0.05) is 0 Å². The van der Waals surface area contributed by atoms with Gasteiger partial charge in [-0.05, 0) is 36.4 Å². The van der Waals surface area contributed by atoms with E-state index in [4.69, 9.17) is 12.7 Å². The highest BCUT2D eigenvalue weighted by Gasteiger charge is 2.33. The van der Waals surface area contributed by atoms with E-state index in [1.54, 1.807) is 24.3 Å². The summed E-state index contributed by atoms with van der Waals surface area (Å²) in [7, 11) is 5.98. The van der Waals surface area contributed by atoms with Crippen molar-refractivity contribution < 1.29 is 9.84 Å². The molecule has 0 amide bonds. The molecule has 1 unspecified atom stereocenters. The van der Waals surface area contributed by atoms with Crippen LogP contribution in [0.25, 0.3) is 10.9 Å². The third-order valence-corrected chi connectivity index (χ3v) is 5.11. The zero-order chi connectivity index (χ0) is 18.4. The first kappa shape index (κ1) is 16.2. The maximum absolute atomic E-state index is 9.49. The van der Waals surface area contributed by atoms with Crippen LogP contribution in [0.5, 0.6) is 11.5 Å². The fourth-order valence-electron chi connectivity index (χ4n) is 3.78. The van der Waals surface area contributed by atoms with E-state index in [9.17, 15) is 5.11 Å². The number of piperazine rings is 1. The van der Waals surface area contributed by atoms with E-state index >= 15 is 0 Å². The minimum Gasteiger partial charge on any atom is -0.508 e. The van der Waals surface area contributed by atoms with Gasteiger partial charge in [0.05, 0.1) is 22.6 Å². The molecule has 0 spiro atoms. The van der Waals surface area contributed by atoms with Crippen molar-refractivity contribution in [2.75, 3.05) is 36.5 Å². The maximum atomic E-state index is 9.49. The molecule has 1 fully saturated rings. The molecule has 2 N–H and O–H groups in total. The number of hydrogen-bond acceptors (Lipinski definition) is 7. The van der Waals surface area contributed by atoms with Crippen molar-refractivity contribution >= 4 is 36.1 Å². The van der Waals surface area contributed by atoms with Crippen LogP contribution in [0.2, 0.25) is 0 Å². The lowest BCUT2D eigenvalue weighted by Crippen LogP contribution is -2.56. The summed E-state index contributed by atoms with van der Waals surface area (Å²) in [4.78, 5) is 13.0. The van der Waals surface area contributed by atoms with Gasteiger partial charge in [-0.2, -0.15) is 0 Å². The van der Waals surface area contributed by atoms with Crippen molar-refractivity contribution in [3.05, 3.63) is 42.7 Å². The van der Waals surface area contributed by atoms with E-state index in [1.807, 2.05) is 10.9 Å². The van der Waals surface area contributed by atoms with Crippen molar-refractivity contribution in [2.45, 2.75) is 6.04 Å². The monoisotopic (exact) mass is 359 g/mol. The molecule has 2 aromatic carbocycles. The Morgan fingerprint density at radius 1 is 1.11 bits per heavy atom. The molecule has 1 aromatic heterocycles. The molecule has 0 aliphatic carbocycles. The third-order valence-electron chi connectivity index (χ3n) is 5.11. The minimum absolute atomic E-state index is 0.221. The van der Waals surface area contributed by atoms with Crippen LogP contribution in [0.4, 0.5) is 17.2 Å². The summed E-state index contributed by atoms with van der Waals surface area (Å²) >= 11 is 0. The van der Waals surface area contributed by atoms with Gasteiger partial charge in [-0.25, -0.2) is 9.97 Å². The Morgan fingerprint density at radius 2 is 1.96 bits per heavy atom. The molecule has 27 heavy (non-hydrogen) atoms. The Labute approximate surface area is 158 Å². The Morgan fingerprint density at radius 3 is 2.81 bits per heavy atom. The van der Waals surface area contributed by atoms with E-state index in [0.717, 1.165) is 47.7 Å². The van der Waals surface area contributed by atoms with Crippen LogP contribution in [0.1, 0.15) is 0 Å². The standard InChI is InChI=1S/C19H18BN5O2/c20-24-7-8-25-13(9-24)10-27-18-16(25)6-5-15-17(18)19(22-11-21-15)23-12-1-3-14(26)4-2-12/h1-6,11,13,26H,7-10H2,(H,21,22,23). The molecule has 3 heterocycles. The quantitative estimate of drug-likeness (QED) is 0.536. The first-order valence-electron chi connectivity index (χ1n) is 8.92. The molecule has 1 saturated heterocycles. The predicted molar refractivity (Wildman–Crippen MR) is 105 cm³/mol. The number of nitrogens with zero attached hydrogens (tertiary/aromatic N) is 4. The predicted octanol–water partition coefficient (Wildman–Crippen LogP) is 2.05. The van der Waals surface area contributed by atoms with Crippen LogP contribution in [-0.4, -0.2) is 60.1 Å². The zero-order valence-electron chi connectivity index (χ0n) is 14.7. The van der Waals surface area contributed by atoms with Gasteiger partial charge in [0, 0.05) is 25.3 Å². The Hall–Kier alpha value is -3.00. The first-order valence-corrected chi connectivity index (χ1v) is 8.92. The molecular formula is C19H18BN5O2. The van der Waals surface area contributed by atoms with Crippen LogP contribution in [0.15, 0.2) is 42.7 Å². The summed E-state index contributed by atoms with van der Waals surface area (Å²) in [5.41, 5.74) is 2.70. The second kappa shape index (κ2) is 6.31. The van der Waals surface area contributed by atoms with E-state index in [2.05, 4.69) is 26.3 Å².